The summed E-state index contributed by atoms with van der Waals surface area (Å²) >= 11 is 12.4. The van der Waals surface area contributed by atoms with Crippen LogP contribution in [0.5, 0.6) is 0 Å². The smallest absolute Gasteiger partial charge is 0.252 e. The predicted octanol–water partition coefficient (Wildman–Crippen LogP) is 4.54. The normalized spacial score (nSPS) is 15.9. The summed E-state index contributed by atoms with van der Waals surface area (Å²) in [5.74, 6) is 0.455. The third-order valence-electron chi connectivity index (χ3n) is 4.80. The van der Waals surface area contributed by atoms with Crippen LogP contribution in [0.15, 0.2) is 48.8 Å². The van der Waals surface area contributed by atoms with Gasteiger partial charge in [0, 0.05) is 41.1 Å². The zero-order valence-corrected chi connectivity index (χ0v) is 16.6. The highest BCUT2D eigenvalue weighted by atomic mass is 35.5. The Labute approximate surface area is 170 Å². The Bertz CT molecular complexity index is 767. The lowest BCUT2D eigenvalue weighted by atomic mass is 9.95. The quantitative estimate of drug-likeness (QED) is 0.769. The highest BCUT2D eigenvalue weighted by Gasteiger charge is 2.17. The van der Waals surface area contributed by atoms with E-state index >= 15 is 0 Å². The van der Waals surface area contributed by atoms with E-state index in [2.05, 4.69) is 21.3 Å². The van der Waals surface area contributed by atoms with Crippen molar-refractivity contribution in [3.05, 3.63) is 70.0 Å². The molecule has 2 heterocycles. The summed E-state index contributed by atoms with van der Waals surface area (Å²) in [7, 11) is 0. The van der Waals surface area contributed by atoms with Gasteiger partial charge in [-0.3, -0.25) is 9.78 Å². The molecule has 1 saturated heterocycles. The van der Waals surface area contributed by atoms with Crippen LogP contribution in [0.2, 0.25) is 10.0 Å². The number of aromatic nitrogens is 1. The van der Waals surface area contributed by atoms with Gasteiger partial charge < -0.3 is 10.2 Å². The molecule has 142 valence electrons. The van der Waals surface area contributed by atoms with Crippen LogP contribution in [-0.2, 0) is 0 Å². The van der Waals surface area contributed by atoms with E-state index in [-0.39, 0.29) is 5.91 Å². The van der Waals surface area contributed by atoms with Gasteiger partial charge in [0.15, 0.2) is 0 Å². The fourth-order valence-corrected chi connectivity index (χ4v) is 3.72. The molecule has 1 aromatic heterocycles. The number of allylic oxidation sites excluding steroid dienone is 1. The maximum Gasteiger partial charge on any atom is 0.252 e. The number of rotatable bonds is 6. The first-order chi connectivity index (χ1) is 13.1. The van der Waals surface area contributed by atoms with Crippen LogP contribution in [0.4, 0.5) is 0 Å². The molecule has 3 rings (SSSR count). The molecular weight excluding hydrogens is 381 g/mol. The topological polar surface area (TPSA) is 45.2 Å². The fourth-order valence-electron chi connectivity index (χ4n) is 3.20. The minimum absolute atomic E-state index is 0.0717. The number of hydrogen-bond acceptors (Lipinski definition) is 3. The van der Waals surface area contributed by atoms with E-state index < -0.39 is 0 Å². The zero-order chi connectivity index (χ0) is 19.1. The van der Waals surface area contributed by atoms with Crippen molar-refractivity contribution in [2.75, 3.05) is 26.2 Å². The summed E-state index contributed by atoms with van der Waals surface area (Å²) in [6.45, 7) is 3.55. The van der Waals surface area contributed by atoms with Crippen molar-refractivity contribution in [2.24, 2.45) is 5.92 Å². The third kappa shape index (κ3) is 5.80. The maximum atomic E-state index is 12.0. The Kier molecular flexibility index (Phi) is 7.27. The van der Waals surface area contributed by atoms with Crippen LogP contribution in [0.1, 0.15) is 28.8 Å². The highest BCUT2D eigenvalue weighted by Crippen LogP contribution is 2.27. The average molecular weight is 404 g/mol. The van der Waals surface area contributed by atoms with Crippen molar-refractivity contribution in [2.45, 2.75) is 12.8 Å². The van der Waals surface area contributed by atoms with Gasteiger partial charge in [0.2, 0.25) is 0 Å². The number of hydrogen-bond donors (Lipinski definition) is 1. The second-order valence-electron chi connectivity index (χ2n) is 6.67. The van der Waals surface area contributed by atoms with Crippen molar-refractivity contribution >= 4 is 35.2 Å². The molecule has 1 aromatic carbocycles. The summed E-state index contributed by atoms with van der Waals surface area (Å²) in [4.78, 5) is 18.4. The Morgan fingerprint density at radius 2 is 1.93 bits per heavy atom. The molecule has 0 bridgehead atoms. The largest absolute Gasteiger partial charge is 0.351 e. The molecule has 0 unspecified atom stereocenters. The minimum Gasteiger partial charge on any atom is -0.351 e. The lowest BCUT2D eigenvalue weighted by molar-refractivity contribution is 0.0945. The molecule has 6 heteroatoms. The summed E-state index contributed by atoms with van der Waals surface area (Å²) < 4.78 is 0. The lowest BCUT2D eigenvalue weighted by Crippen LogP contribution is -2.39. The number of nitrogens with zero attached hydrogens (tertiary/aromatic N) is 2. The van der Waals surface area contributed by atoms with Crippen LogP contribution in [0.3, 0.4) is 0 Å². The fraction of sp³-hybridized carbons (Fsp3) is 0.333. The molecule has 1 amide bonds. The van der Waals surface area contributed by atoms with Gasteiger partial charge in [-0.05, 0) is 56.1 Å². The number of halogens is 2. The summed E-state index contributed by atoms with van der Waals surface area (Å²) in [5, 5.41) is 4.31. The number of amides is 1. The van der Waals surface area contributed by atoms with E-state index in [1.165, 1.54) is 0 Å². The maximum absolute atomic E-state index is 12.0. The zero-order valence-electron chi connectivity index (χ0n) is 15.1. The van der Waals surface area contributed by atoms with Crippen molar-refractivity contribution < 1.29 is 4.79 Å². The molecule has 1 N–H and O–H groups in total. The second kappa shape index (κ2) is 9.88. The van der Waals surface area contributed by atoms with Crippen molar-refractivity contribution in [1.82, 2.24) is 15.2 Å². The standard InChI is InChI=1S/C21H23Cl2N3O/c22-19-4-1-5-20(23)18(19)7-6-16-8-12-26(13-9-16)14-11-25-21(27)17-3-2-10-24-15-17/h1-7,10,15-16H,8-9,11-14H2,(H,25,27)/b7-6+. The molecule has 0 aliphatic carbocycles. The number of benzene rings is 1. The molecule has 1 aliphatic rings. The summed E-state index contributed by atoms with van der Waals surface area (Å²) in [6.07, 6.45) is 9.69. The number of likely N-dealkylation sites (tertiary alicyclic amines) is 1. The lowest BCUT2D eigenvalue weighted by Gasteiger charge is -2.30. The van der Waals surface area contributed by atoms with Gasteiger partial charge in [-0.2, -0.15) is 0 Å². The summed E-state index contributed by atoms with van der Waals surface area (Å²) in [5.41, 5.74) is 1.49. The number of carbonyl (C=O) groups excluding carboxylic acids is 1. The van der Waals surface area contributed by atoms with Crippen LogP contribution < -0.4 is 5.32 Å². The first kappa shape index (κ1) is 19.9. The molecule has 0 saturated carbocycles. The molecule has 0 spiro atoms. The van der Waals surface area contributed by atoms with Gasteiger partial charge in [-0.25, -0.2) is 0 Å². The van der Waals surface area contributed by atoms with E-state index in [0.29, 0.717) is 28.1 Å². The molecular formula is C21H23Cl2N3O. The van der Waals surface area contributed by atoms with E-state index in [1.807, 2.05) is 24.3 Å². The van der Waals surface area contributed by atoms with E-state index in [0.717, 1.165) is 38.0 Å². The van der Waals surface area contributed by atoms with Gasteiger partial charge in [0.1, 0.15) is 0 Å². The first-order valence-electron chi connectivity index (χ1n) is 9.16. The Morgan fingerprint density at radius 3 is 2.59 bits per heavy atom. The second-order valence-corrected chi connectivity index (χ2v) is 7.49. The molecule has 1 aliphatic heterocycles. The minimum atomic E-state index is -0.0717. The van der Waals surface area contributed by atoms with Crippen molar-refractivity contribution in [1.29, 1.82) is 0 Å². The van der Waals surface area contributed by atoms with E-state index in [9.17, 15) is 4.79 Å². The third-order valence-corrected chi connectivity index (χ3v) is 5.46. The summed E-state index contributed by atoms with van der Waals surface area (Å²) in [6, 6.07) is 9.10. The Balaban J connectivity index is 1.40. The average Bonchev–Trinajstić information content (AvgIpc) is 2.69. The number of pyridine rings is 1. The molecule has 0 radical (unpaired) electrons. The van der Waals surface area contributed by atoms with Crippen LogP contribution in [0.25, 0.3) is 6.08 Å². The monoisotopic (exact) mass is 403 g/mol. The first-order valence-corrected chi connectivity index (χ1v) is 9.92. The number of piperidine rings is 1. The van der Waals surface area contributed by atoms with Gasteiger partial charge in [-0.1, -0.05) is 41.4 Å². The number of carbonyl (C=O) groups is 1. The molecule has 4 nitrogen and oxygen atoms in total. The van der Waals surface area contributed by atoms with Crippen molar-refractivity contribution in [3.63, 3.8) is 0 Å². The van der Waals surface area contributed by atoms with Gasteiger partial charge in [0.25, 0.3) is 5.91 Å². The van der Waals surface area contributed by atoms with Gasteiger partial charge in [0.05, 0.1) is 5.56 Å². The van der Waals surface area contributed by atoms with Gasteiger partial charge in [-0.15, -0.1) is 0 Å². The molecule has 0 atom stereocenters. The van der Waals surface area contributed by atoms with Gasteiger partial charge >= 0.3 is 0 Å². The highest BCUT2D eigenvalue weighted by molar-refractivity contribution is 6.37. The molecule has 27 heavy (non-hydrogen) atoms. The van der Waals surface area contributed by atoms with Crippen LogP contribution in [0, 0.1) is 5.92 Å². The van der Waals surface area contributed by atoms with Crippen LogP contribution in [-0.4, -0.2) is 42.0 Å². The Hall–Kier alpha value is -1.88. The Morgan fingerprint density at radius 1 is 1.19 bits per heavy atom. The van der Waals surface area contributed by atoms with E-state index in [4.69, 9.17) is 23.2 Å². The SMILES string of the molecule is O=C(NCCN1CCC(/C=C/c2c(Cl)cccc2Cl)CC1)c1cccnc1. The van der Waals surface area contributed by atoms with Crippen LogP contribution >= 0.6 is 23.2 Å². The molecule has 1 fully saturated rings. The molecule has 2 aromatic rings. The van der Waals surface area contributed by atoms with Crippen molar-refractivity contribution in [3.8, 4) is 0 Å². The van der Waals surface area contributed by atoms with E-state index in [1.54, 1.807) is 24.5 Å². The predicted molar refractivity (Wildman–Crippen MR) is 111 cm³/mol. The number of nitrogens with one attached hydrogen (secondary N) is 1.